The number of nitro benzene ring substituents is 1. The Hall–Kier alpha value is -2.52. The zero-order valence-corrected chi connectivity index (χ0v) is 12.3. The summed E-state index contributed by atoms with van der Waals surface area (Å²) in [6.07, 6.45) is 0. The Bertz CT molecular complexity index is 634. The van der Waals surface area contributed by atoms with Crippen molar-refractivity contribution in [3.05, 3.63) is 33.3 Å². The van der Waals surface area contributed by atoms with Gasteiger partial charge in [0.2, 0.25) is 5.91 Å². The lowest BCUT2D eigenvalue weighted by atomic mass is 10.2. The van der Waals surface area contributed by atoms with E-state index in [-0.39, 0.29) is 23.8 Å². The summed E-state index contributed by atoms with van der Waals surface area (Å²) in [6.45, 7) is 1.02. The van der Waals surface area contributed by atoms with Crippen molar-refractivity contribution in [2.75, 3.05) is 18.4 Å². The number of hydrogen-bond donors (Lipinski definition) is 2. The zero-order valence-electron chi connectivity index (χ0n) is 11.5. The third-order valence-corrected chi connectivity index (χ3v) is 2.89. The lowest BCUT2D eigenvalue weighted by Crippen LogP contribution is -2.44. The van der Waals surface area contributed by atoms with Gasteiger partial charge in [0.15, 0.2) is 0 Å². The lowest BCUT2D eigenvalue weighted by Gasteiger charge is -2.17. The molecule has 22 heavy (non-hydrogen) atoms. The number of nitrogens with one attached hydrogen (secondary N) is 1. The van der Waals surface area contributed by atoms with Crippen LogP contribution in [0.3, 0.4) is 0 Å². The Morgan fingerprint density at radius 3 is 2.55 bits per heavy atom. The summed E-state index contributed by atoms with van der Waals surface area (Å²) in [7, 11) is 0. The number of rotatable bonds is 4. The zero-order chi connectivity index (χ0) is 16.9. The minimum absolute atomic E-state index is 0.00498. The first kappa shape index (κ1) is 17.5. The highest BCUT2D eigenvalue weighted by molar-refractivity contribution is 6.41. The first-order chi connectivity index (χ1) is 10.3. The number of nitro groups is 1. The van der Waals surface area contributed by atoms with E-state index in [1.807, 2.05) is 0 Å². The molecule has 10 heteroatoms. The summed E-state index contributed by atoms with van der Waals surface area (Å²) in [5.41, 5.74) is 4.85. The summed E-state index contributed by atoms with van der Waals surface area (Å²) < 4.78 is 0. The van der Waals surface area contributed by atoms with Crippen LogP contribution < -0.4 is 11.1 Å². The molecule has 0 fully saturated rings. The number of carbonyl (C=O) groups excluding carboxylic acids is 3. The van der Waals surface area contributed by atoms with Gasteiger partial charge in [0.1, 0.15) is 5.02 Å². The number of benzene rings is 1. The van der Waals surface area contributed by atoms with Crippen molar-refractivity contribution in [2.45, 2.75) is 6.92 Å². The molecule has 0 aliphatic carbocycles. The Morgan fingerprint density at radius 2 is 2.05 bits per heavy atom. The molecule has 118 valence electrons. The van der Waals surface area contributed by atoms with Crippen LogP contribution in [0.15, 0.2) is 18.2 Å². The van der Waals surface area contributed by atoms with Crippen LogP contribution in [-0.4, -0.2) is 40.6 Å². The van der Waals surface area contributed by atoms with E-state index in [2.05, 4.69) is 5.32 Å². The van der Waals surface area contributed by atoms with E-state index in [9.17, 15) is 24.5 Å². The molecule has 1 rings (SSSR count). The van der Waals surface area contributed by atoms with Crippen molar-refractivity contribution in [1.29, 1.82) is 0 Å². The number of imide groups is 1. The number of halogens is 1. The fourth-order valence-electron chi connectivity index (χ4n) is 1.57. The first-order valence-electron chi connectivity index (χ1n) is 6.05. The van der Waals surface area contributed by atoms with Gasteiger partial charge < -0.3 is 11.1 Å². The first-order valence-corrected chi connectivity index (χ1v) is 6.43. The van der Waals surface area contributed by atoms with Crippen LogP contribution in [-0.2, 0) is 14.4 Å². The molecular weight excluding hydrogens is 316 g/mol. The second-order valence-corrected chi connectivity index (χ2v) is 4.55. The molecular formula is C12H13ClN4O5. The second-order valence-electron chi connectivity index (χ2n) is 4.14. The van der Waals surface area contributed by atoms with Gasteiger partial charge in [-0.2, -0.15) is 0 Å². The molecule has 0 saturated heterocycles. The molecule has 0 aliphatic rings. The highest BCUT2D eigenvalue weighted by Crippen LogP contribution is 2.27. The smallest absolute Gasteiger partial charge is 0.318 e. The van der Waals surface area contributed by atoms with Gasteiger partial charge in [-0.1, -0.05) is 11.6 Å². The molecule has 0 heterocycles. The van der Waals surface area contributed by atoms with Crippen molar-refractivity contribution in [2.24, 2.45) is 5.73 Å². The maximum absolute atomic E-state index is 11.8. The van der Waals surface area contributed by atoms with Crippen molar-refractivity contribution in [1.82, 2.24) is 4.90 Å². The molecule has 3 amide bonds. The standard InChI is InChI=1S/C12H13ClN4O5/c1-7(18)16(5-4-14)12(20)11(19)15-8-2-3-9(13)10(6-8)17(21)22/h2-3,6H,4-5,14H2,1H3,(H,15,19). The van der Waals surface area contributed by atoms with Crippen molar-refractivity contribution in [3.8, 4) is 0 Å². The minimum atomic E-state index is -1.11. The van der Waals surface area contributed by atoms with E-state index in [0.29, 0.717) is 4.90 Å². The van der Waals surface area contributed by atoms with E-state index >= 15 is 0 Å². The average Bonchev–Trinajstić information content (AvgIpc) is 2.45. The van der Waals surface area contributed by atoms with Gasteiger partial charge in [-0.15, -0.1) is 0 Å². The van der Waals surface area contributed by atoms with E-state index in [1.165, 1.54) is 12.1 Å². The van der Waals surface area contributed by atoms with Crippen molar-refractivity contribution in [3.63, 3.8) is 0 Å². The number of hydrogen-bond acceptors (Lipinski definition) is 6. The van der Waals surface area contributed by atoms with Gasteiger partial charge in [-0.25, -0.2) is 0 Å². The summed E-state index contributed by atoms with van der Waals surface area (Å²) in [4.78, 5) is 45.6. The predicted octanol–water partition coefficient (Wildman–Crippen LogP) is 0.520. The van der Waals surface area contributed by atoms with Crippen LogP contribution in [0, 0.1) is 10.1 Å². The molecule has 1 aromatic carbocycles. The largest absolute Gasteiger partial charge is 0.329 e. The van der Waals surface area contributed by atoms with E-state index in [1.54, 1.807) is 0 Å². The van der Waals surface area contributed by atoms with Gasteiger partial charge in [0, 0.05) is 31.8 Å². The number of carbonyl (C=O) groups is 3. The van der Waals surface area contributed by atoms with Crippen LogP contribution in [0.4, 0.5) is 11.4 Å². The summed E-state index contributed by atoms with van der Waals surface area (Å²) in [5, 5.41) is 12.8. The van der Waals surface area contributed by atoms with Crippen LogP contribution >= 0.6 is 11.6 Å². The third kappa shape index (κ3) is 4.24. The molecule has 3 N–H and O–H groups in total. The number of nitrogens with zero attached hydrogens (tertiary/aromatic N) is 2. The van der Waals surface area contributed by atoms with Crippen LogP contribution in [0.5, 0.6) is 0 Å². The maximum atomic E-state index is 11.8. The summed E-state index contributed by atoms with van der Waals surface area (Å²) >= 11 is 5.64. The lowest BCUT2D eigenvalue weighted by molar-refractivity contribution is -0.384. The van der Waals surface area contributed by atoms with Crippen molar-refractivity contribution >= 4 is 40.7 Å². The molecule has 0 aliphatic heterocycles. The van der Waals surface area contributed by atoms with E-state index in [4.69, 9.17) is 17.3 Å². The normalized spacial score (nSPS) is 9.95. The Labute approximate surface area is 130 Å². The topological polar surface area (TPSA) is 136 Å². The Morgan fingerprint density at radius 1 is 1.41 bits per heavy atom. The maximum Gasteiger partial charge on any atom is 0.318 e. The highest BCUT2D eigenvalue weighted by atomic mass is 35.5. The van der Waals surface area contributed by atoms with E-state index < -0.39 is 28.3 Å². The third-order valence-electron chi connectivity index (χ3n) is 2.57. The molecule has 0 bridgehead atoms. The van der Waals surface area contributed by atoms with Crippen molar-refractivity contribution < 1.29 is 19.3 Å². The van der Waals surface area contributed by atoms with Crippen LogP contribution in [0.1, 0.15) is 6.92 Å². The molecule has 0 saturated carbocycles. The summed E-state index contributed by atoms with van der Waals surface area (Å²) in [6, 6.07) is 3.51. The molecule has 0 unspecified atom stereocenters. The van der Waals surface area contributed by atoms with Gasteiger partial charge in [0.05, 0.1) is 4.92 Å². The molecule has 0 radical (unpaired) electrons. The Kier molecular flexibility index (Phi) is 5.96. The number of anilines is 1. The second kappa shape index (κ2) is 7.48. The quantitative estimate of drug-likeness (QED) is 0.470. The SMILES string of the molecule is CC(=O)N(CCN)C(=O)C(=O)Nc1ccc(Cl)c([N+](=O)[O-])c1. The van der Waals surface area contributed by atoms with Gasteiger partial charge in [-0.05, 0) is 12.1 Å². The molecule has 0 aromatic heterocycles. The number of amides is 3. The van der Waals surface area contributed by atoms with E-state index in [0.717, 1.165) is 13.0 Å². The fourth-order valence-corrected chi connectivity index (χ4v) is 1.76. The average molecular weight is 329 g/mol. The minimum Gasteiger partial charge on any atom is -0.329 e. The van der Waals surface area contributed by atoms with Gasteiger partial charge >= 0.3 is 11.8 Å². The molecule has 1 aromatic rings. The number of nitrogens with two attached hydrogens (primary N) is 1. The molecule has 0 atom stereocenters. The molecule has 9 nitrogen and oxygen atoms in total. The Balaban J connectivity index is 2.92. The molecule has 0 spiro atoms. The van der Waals surface area contributed by atoms with Crippen LogP contribution in [0.2, 0.25) is 5.02 Å². The van der Waals surface area contributed by atoms with Gasteiger partial charge in [0.25, 0.3) is 5.69 Å². The van der Waals surface area contributed by atoms with Gasteiger partial charge in [-0.3, -0.25) is 29.4 Å². The highest BCUT2D eigenvalue weighted by Gasteiger charge is 2.25. The monoisotopic (exact) mass is 328 g/mol. The summed E-state index contributed by atoms with van der Waals surface area (Å²) in [5.74, 6) is -2.84. The van der Waals surface area contributed by atoms with Crippen LogP contribution in [0.25, 0.3) is 0 Å². The fraction of sp³-hybridized carbons (Fsp3) is 0.250. The predicted molar refractivity (Wildman–Crippen MR) is 78.2 cm³/mol.